The fourth-order valence-electron chi connectivity index (χ4n) is 4.65. The Morgan fingerprint density at radius 2 is 1.97 bits per heavy atom. The second kappa shape index (κ2) is 8.06. The van der Waals surface area contributed by atoms with E-state index in [2.05, 4.69) is 15.0 Å². The first-order chi connectivity index (χ1) is 15.1. The molecule has 7 heteroatoms. The molecule has 2 saturated heterocycles. The van der Waals surface area contributed by atoms with E-state index in [1.165, 1.54) is 12.1 Å². The second-order valence-corrected chi connectivity index (χ2v) is 8.30. The Bertz CT molecular complexity index is 1090. The highest BCUT2D eigenvalue weighted by molar-refractivity contribution is 6.00. The molecular formula is C24H23FN4O2. The van der Waals surface area contributed by atoms with Gasteiger partial charge in [0.2, 0.25) is 5.88 Å². The summed E-state index contributed by atoms with van der Waals surface area (Å²) >= 11 is 0. The van der Waals surface area contributed by atoms with Crippen LogP contribution in [0.2, 0.25) is 0 Å². The van der Waals surface area contributed by atoms with Crippen molar-refractivity contribution in [2.45, 2.75) is 38.3 Å². The molecule has 0 radical (unpaired) electrons. The highest BCUT2D eigenvalue weighted by Crippen LogP contribution is 2.38. The molecule has 1 aliphatic carbocycles. The monoisotopic (exact) mass is 418 g/mol. The van der Waals surface area contributed by atoms with Gasteiger partial charge in [-0.25, -0.2) is 19.3 Å². The summed E-state index contributed by atoms with van der Waals surface area (Å²) in [4.78, 5) is 28.3. The summed E-state index contributed by atoms with van der Waals surface area (Å²) in [6.45, 7) is 2.63. The predicted octanol–water partition coefficient (Wildman–Crippen LogP) is 4.06. The Labute approximate surface area is 180 Å². The number of ether oxygens (including phenoxy) is 1. The van der Waals surface area contributed by atoms with Gasteiger partial charge in [0, 0.05) is 36.8 Å². The van der Waals surface area contributed by atoms with Crippen LogP contribution in [0.5, 0.6) is 5.88 Å². The van der Waals surface area contributed by atoms with Crippen LogP contribution in [-0.4, -0.2) is 44.4 Å². The number of hydrogen-bond acceptors (Lipinski definition) is 5. The molecule has 3 aromatic rings. The number of carbonyl (C=O) groups excluding carboxylic acids is 1. The van der Waals surface area contributed by atoms with Crippen LogP contribution in [0.15, 0.2) is 55.0 Å². The minimum absolute atomic E-state index is 0.0755. The maximum Gasteiger partial charge on any atom is 0.255 e. The fraction of sp³-hybridized carbons (Fsp3) is 0.333. The smallest absolute Gasteiger partial charge is 0.255 e. The number of fused-ring (bicyclic) bond motifs is 3. The summed E-state index contributed by atoms with van der Waals surface area (Å²) in [5.41, 5.74) is 1.88. The van der Waals surface area contributed by atoms with Crippen LogP contribution in [0.1, 0.15) is 35.2 Å². The van der Waals surface area contributed by atoms with E-state index in [1.54, 1.807) is 30.7 Å². The Hall–Kier alpha value is -3.35. The van der Waals surface area contributed by atoms with E-state index in [1.807, 2.05) is 24.0 Å². The van der Waals surface area contributed by atoms with Crippen molar-refractivity contribution < 1.29 is 13.9 Å². The molecule has 3 atom stereocenters. The number of pyridine rings is 1. The molecular weight excluding hydrogens is 395 g/mol. The average molecular weight is 418 g/mol. The molecule has 31 heavy (non-hydrogen) atoms. The molecule has 4 heterocycles. The number of piperidine rings is 2. The number of rotatable bonds is 4. The minimum atomic E-state index is -0.457. The van der Waals surface area contributed by atoms with Gasteiger partial charge in [0.05, 0.1) is 11.6 Å². The number of benzene rings is 1. The summed E-state index contributed by atoms with van der Waals surface area (Å²) in [6, 6.07) is 9.65. The average Bonchev–Trinajstić information content (AvgIpc) is 2.81. The maximum absolute atomic E-state index is 14.1. The van der Waals surface area contributed by atoms with Gasteiger partial charge in [-0.05, 0) is 61.9 Å². The molecule has 6 rings (SSSR count). The zero-order chi connectivity index (χ0) is 21.4. The van der Waals surface area contributed by atoms with E-state index in [4.69, 9.17) is 4.74 Å². The van der Waals surface area contributed by atoms with Gasteiger partial charge >= 0.3 is 0 Å². The first-order valence-electron chi connectivity index (χ1n) is 10.6. The number of carbonyl (C=O) groups is 1. The van der Waals surface area contributed by atoms with Crippen LogP contribution in [0.3, 0.4) is 0 Å². The lowest BCUT2D eigenvalue weighted by Gasteiger charge is -2.49. The SMILES string of the molecule is Cc1ccc(O[C@@H]2CC3CC[C@@H]2N(C(=O)c2cc(F)ccc2-c2ncccn2)C3)nc1. The van der Waals surface area contributed by atoms with Crippen molar-refractivity contribution in [1.29, 1.82) is 0 Å². The van der Waals surface area contributed by atoms with E-state index in [9.17, 15) is 9.18 Å². The van der Waals surface area contributed by atoms with Crippen molar-refractivity contribution in [3.05, 3.63) is 71.9 Å². The number of aryl methyl sites for hydroxylation is 1. The zero-order valence-corrected chi connectivity index (χ0v) is 17.2. The van der Waals surface area contributed by atoms with Gasteiger partial charge in [-0.15, -0.1) is 0 Å². The van der Waals surface area contributed by atoms with Crippen molar-refractivity contribution in [3.8, 4) is 17.3 Å². The molecule has 0 N–H and O–H groups in total. The summed E-state index contributed by atoms with van der Waals surface area (Å²) in [5.74, 6) is 0.669. The van der Waals surface area contributed by atoms with Gasteiger partial charge in [0.25, 0.3) is 5.91 Å². The lowest BCUT2D eigenvalue weighted by molar-refractivity contribution is -0.0313. The van der Waals surface area contributed by atoms with Crippen molar-refractivity contribution in [3.63, 3.8) is 0 Å². The van der Waals surface area contributed by atoms with E-state index >= 15 is 0 Å². The lowest BCUT2D eigenvalue weighted by Crippen LogP contribution is -2.59. The number of aromatic nitrogens is 3. The van der Waals surface area contributed by atoms with E-state index in [-0.39, 0.29) is 23.6 Å². The van der Waals surface area contributed by atoms with Gasteiger partial charge in [-0.1, -0.05) is 6.07 Å². The van der Waals surface area contributed by atoms with Crippen molar-refractivity contribution >= 4 is 5.91 Å². The topological polar surface area (TPSA) is 68.2 Å². The zero-order valence-electron chi connectivity index (χ0n) is 17.2. The van der Waals surface area contributed by atoms with Gasteiger partial charge in [-0.2, -0.15) is 0 Å². The third-order valence-electron chi connectivity index (χ3n) is 6.16. The molecule has 0 spiro atoms. The molecule has 2 aromatic heterocycles. The summed E-state index contributed by atoms with van der Waals surface area (Å²) < 4.78 is 20.3. The molecule has 158 valence electrons. The van der Waals surface area contributed by atoms with Crippen LogP contribution in [-0.2, 0) is 0 Å². The predicted molar refractivity (Wildman–Crippen MR) is 113 cm³/mol. The van der Waals surface area contributed by atoms with Crippen molar-refractivity contribution in [2.75, 3.05) is 6.54 Å². The van der Waals surface area contributed by atoms with Gasteiger partial charge in [0.15, 0.2) is 5.82 Å². The lowest BCUT2D eigenvalue weighted by atomic mass is 9.77. The number of nitrogens with zero attached hydrogens (tertiary/aromatic N) is 4. The molecule has 2 aliphatic heterocycles. The minimum Gasteiger partial charge on any atom is -0.472 e. The van der Waals surface area contributed by atoms with Crippen LogP contribution in [0, 0.1) is 18.7 Å². The first-order valence-corrected chi connectivity index (χ1v) is 10.6. The molecule has 1 saturated carbocycles. The van der Waals surface area contributed by atoms with Crippen LogP contribution in [0.25, 0.3) is 11.4 Å². The van der Waals surface area contributed by atoms with E-state index in [0.29, 0.717) is 29.7 Å². The third kappa shape index (κ3) is 3.87. The number of amides is 1. The van der Waals surface area contributed by atoms with Crippen molar-refractivity contribution in [1.82, 2.24) is 19.9 Å². The molecule has 1 amide bonds. The Kier molecular flexibility index (Phi) is 5.10. The van der Waals surface area contributed by atoms with Gasteiger partial charge < -0.3 is 9.64 Å². The largest absolute Gasteiger partial charge is 0.472 e. The molecule has 3 aliphatic rings. The molecule has 1 unspecified atom stereocenters. The second-order valence-electron chi connectivity index (χ2n) is 8.30. The Morgan fingerprint density at radius 1 is 1.13 bits per heavy atom. The summed E-state index contributed by atoms with van der Waals surface area (Å²) in [7, 11) is 0. The normalized spacial score (nSPS) is 22.4. The quantitative estimate of drug-likeness (QED) is 0.639. The fourth-order valence-corrected chi connectivity index (χ4v) is 4.65. The third-order valence-corrected chi connectivity index (χ3v) is 6.16. The molecule has 6 nitrogen and oxygen atoms in total. The Balaban J connectivity index is 1.44. The Morgan fingerprint density at radius 3 is 2.71 bits per heavy atom. The van der Waals surface area contributed by atoms with Crippen LogP contribution in [0.4, 0.5) is 4.39 Å². The first kappa shape index (κ1) is 19.6. The highest BCUT2D eigenvalue weighted by Gasteiger charge is 2.45. The van der Waals surface area contributed by atoms with E-state index < -0.39 is 5.82 Å². The highest BCUT2D eigenvalue weighted by atomic mass is 19.1. The van der Waals surface area contributed by atoms with Gasteiger partial charge in [0.1, 0.15) is 11.9 Å². The summed E-state index contributed by atoms with van der Waals surface area (Å²) in [6.07, 6.45) is 7.69. The van der Waals surface area contributed by atoms with Crippen LogP contribution < -0.4 is 4.74 Å². The van der Waals surface area contributed by atoms with Crippen molar-refractivity contribution in [2.24, 2.45) is 5.92 Å². The van der Waals surface area contributed by atoms with E-state index in [0.717, 1.165) is 24.8 Å². The maximum atomic E-state index is 14.1. The number of hydrogen-bond donors (Lipinski definition) is 0. The summed E-state index contributed by atoms with van der Waals surface area (Å²) in [5, 5.41) is 0. The molecule has 1 aromatic carbocycles. The van der Waals surface area contributed by atoms with Crippen LogP contribution >= 0.6 is 0 Å². The standard InChI is InChI=1S/C24H23FN4O2/c1-15-3-8-22(28-13-15)31-21-11-16-4-7-20(21)29(14-16)24(30)19-12-17(25)5-6-18(19)23-26-9-2-10-27-23/h2-3,5-6,8-10,12-13,16,20-21H,4,7,11,14H2,1H3/t16?,20-,21+/m0/s1. The number of halogens is 1. The van der Waals surface area contributed by atoms with Gasteiger partial charge in [-0.3, -0.25) is 4.79 Å². The molecule has 3 fully saturated rings. The molecule has 2 bridgehead atoms.